The zero-order chi connectivity index (χ0) is 31.4. The molecule has 5 rings (SSSR count). The van der Waals surface area contributed by atoms with E-state index in [9.17, 15) is 14.9 Å². The molecule has 6 heteroatoms. The number of hydrogen-bond acceptors (Lipinski definition) is 5. The van der Waals surface area contributed by atoms with Crippen LogP contribution < -0.4 is 10.1 Å². The molecule has 0 radical (unpaired) electrons. The van der Waals surface area contributed by atoms with E-state index in [0.717, 1.165) is 33.6 Å². The fourth-order valence-electron chi connectivity index (χ4n) is 5.28. The molecule has 5 aromatic rings. The van der Waals surface area contributed by atoms with Crippen molar-refractivity contribution in [2.24, 2.45) is 5.92 Å². The molecular formula is C39H34N2O4. The predicted octanol–water partition coefficient (Wildman–Crippen LogP) is 7.18. The molecule has 0 saturated heterocycles. The third-order valence-electron chi connectivity index (χ3n) is 7.70. The summed E-state index contributed by atoms with van der Waals surface area (Å²) in [4.78, 5) is 26.7. The largest absolute Gasteiger partial charge is 0.489 e. The van der Waals surface area contributed by atoms with Crippen LogP contribution in [0.15, 0.2) is 133 Å². The number of carbonyl (C=O) groups excluding carboxylic acids is 2. The van der Waals surface area contributed by atoms with E-state index in [1.54, 1.807) is 30.3 Å². The van der Waals surface area contributed by atoms with Crippen LogP contribution in [-0.2, 0) is 29.0 Å². The number of hydrogen-bond donors (Lipinski definition) is 1. The highest BCUT2D eigenvalue weighted by molar-refractivity contribution is 5.95. The highest BCUT2D eigenvalue weighted by Gasteiger charge is 2.31. The van der Waals surface area contributed by atoms with Crippen LogP contribution in [0, 0.1) is 17.2 Å². The monoisotopic (exact) mass is 594 g/mol. The smallest absolute Gasteiger partial charge is 0.311 e. The topological polar surface area (TPSA) is 88.4 Å². The lowest BCUT2D eigenvalue weighted by molar-refractivity contribution is -0.146. The average Bonchev–Trinajstić information content (AvgIpc) is 3.10. The Kier molecular flexibility index (Phi) is 10.4. The average molecular weight is 595 g/mol. The summed E-state index contributed by atoms with van der Waals surface area (Å²) < 4.78 is 11.1. The first kappa shape index (κ1) is 30.8. The molecule has 0 saturated carbocycles. The molecular weight excluding hydrogens is 560 g/mol. The van der Waals surface area contributed by atoms with E-state index in [1.807, 2.05) is 103 Å². The number of carbonyl (C=O) groups is 2. The Labute approximate surface area is 263 Å². The SMILES string of the molecule is COC(=O)C(Cc1cccc(C#N)c1)C(Cc1ccccc1)NC(=O)c1ccc(-c2ccc(OCc3ccccc3)cc2)cc1. The first-order valence-corrected chi connectivity index (χ1v) is 14.8. The number of rotatable bonds is 12. The van der Waals surface area contributed by atoms with Gasteiger partial charge < -0.3 is 14.8 Å². The molecule has 0 heterocycles. The van der Waals surface area contributed by atoms with Gasteiger partial charge in [0.1, 0.15) is 12.4 Å². The molecule has 1 amide bonds. The second-order valence-corrected chi connectivity index (χ2v) is 10.8. The minimum atomic E-state index is -0.671. The molecule has 1 N–H and O–H groups in total. The molecule has 0 bridgehead atoms. The van der Waals surface area contributed by atoms with Gasteiger partial charge in [-0.2, -0.15) is 5.26 Å². The number of nitriles is 1. The van der Waals surface area contributed by atoms with Crippen molar-refractivity contribution in [1.82, 2.24) is 5.32 Å². The quantitative estimate of drug-likeness (QED) is 0.155. The fourth-order valence-corrected chi connectivity index (χ4v) is 5.28. The summed E-state index contributed by atoms with van der Waals surface area (Å²) in [6, 6.07) is 43.7. The molecule has 0 spiro atoms. The van der Waals surface area contributed by atoms with Gasteiger partial charge in [0.05, 0.1) is 24.7 Å². The lowest BCUT2D eigenvalue weighted by Crippen LogP contribution is -2.46. The molecule has 0 aromatic heterocycles. The van der Waals surface area contributed by atoms with Crippen molar-refractivity contribution in [3.05, 3.63) is 161 Å². The summed E-state index contributed by atoms with van der Waals surface area (Å²) in [5.74, 6) is -0.602. The van der Waals surface area contributed by atoms with Crippen molar-refractivity contribution in [3.8, 4) is 22.9 Å². The Morgan fingerprint density at radius 2 is 1.31 bits per heavy atom. The zero-order valence-electron chi connectivity index (χ0n) is 25.1. The second kappa shape index (κ2) is 15.2. The summed E-state index contributed by atoms with van der Waals surface area (Å²) in [6.45, 7) is 0.498. The Bertz CT molecular complexity index is 1750. The molecule has 2 atom stereocenters. The Morgan fingerprint density at radius 3 is 1.93 bits per heavy atom. The van der Waals surface area contributed by atoms with Crippen molar-refractivity contribution in [2.75, 3.05) is 7.11 Å². The predicted molar refractivity (Wildman–Crippen MR) is 174 cm³/mol. The van der Waals surface area contributed by atoms with Crippen LogP contribution >= 0.6 is 0 Å². The maximum Gasteiger partial charge on any atom is 0.311 e. The maximum absolute atomic E-state index is 13.6. The first-order chi connectivity index (χ1) is 22.0. The molecule has 45 heavy (non-hydrogen) atoms. The van der Waals surface area contributed by atoms with Gasteiger partial charge in [-0.3, -0.25) is 9.59 Å². The number of ether oxygens (including phenoxy) is 2. The van der Waals surface area contributed by atoms with Gasteiger partial charge in [-0.15, -0.1) is 0 Å². The number of nitrogens with zero attached hydrogens (tertiary/aromatic N) is 1. The van der Waals surface area contributed by atoms with Gasteiger partial charge in [0.15, 0.2) is 0 Å². The van der Waals surface area contributed by atoms with Gasteiger partial charge in [-0.25, -0.2) is 0 Å². The third kappa shape index (κ3) is 8.46. The van der Waals surface area contributed by atoms with Crippen molar-refractivity contribution < 1.29 is 19.1 Å². The van der Waals surface area contributed by atoms with Crippen LogP contribution in [0.25, 0.3) is 11.1 Å². The van der Waals surface area contributed by atoms with Crippen LogP contribution in [0.2, 0.25) is 0 Å². The molecule has 2 unspecified atom stereocenters. The molecule has 0 aliphatic heterocycles. The molecule has 224 valence electrons. The highest BCUT2D eigenvalue weighted by Crippen LogP contribution is 2.24. The number of amides is 1. The number of nitrogens with one attached hydrogen (secondary N) is 1. The van der Waals surface area contributed by atoms with E-state index in [-0.39, 0.29) is 5.91 Å². The van der Waals surface area contributed by atoms with Crippen LogP contribution in [0.4, 0.5) is 0 Å². The fraction of sp³-hybridized carbons (Fsp3) is 0.154. The van der Waals surface area contributed by atoms with Gasteiger partial charge in [0.2, 0.25) is 0 Å². The zero-order valence-corrected chi connectivity index (χ0v) is 25.1. The maximum atomic E-state index is 13.6. The molecule has 5 aromatic carbocycles. The lowest BCUT2D eigenvalue weighted by atomic mass is 9.87. The number of benzene rings is 5. The van der Waals surface area contributed by atoms with Gasteiger partial charge >= 0.3 is 5.97 Å². The van der Waals surface area contributed by atoms with Crippen molar-refractivity contribution in [2.45, 2.75) is 25.5 Å². The van der Waals surface area contributed by atoms with E-state index in [1.165, 1.54) is 7.11 Å². The van der Waals surface area contributed by atoms with Crippen molar-refractivity contribution >= 4 is 11.9 Å². The number of methoxy groups -OCH3 is 1. The van der Waals surface area contributed by atoms with Gasteiger partial charge in [0, 0.05) is 11.6 Å². The van der Waals surface area contributed by atoms with E-state index < -0.39 is 17.9 Å². The lowest BCUT2D eigenvalue weighted by Gasteiger charge is -2.27. The van der Waals surface area contributed by atoms with Crippen LogP contribution in [0.3, 0.4) is 0 Å². The Balaban J connectivity index is 1.31. The van der Waals surface area contributed by atoms with Gasteiger partial charge in [-0.1, -0.05) is 97.1 Å². The molecule has 0 aliphatic rings. The standard InChI is InChI=1S/C39H34N2O4/c1-44-39(43)36(24-30-13-8-14-31(23-30)26-40)37(25-28-9-4-2-5-10-28)41-38(42)34-17-15-32(16-18-34)33-19-21-35(22-20-33)45-27-29-11-6-3-7-12-29/h2-23,36-37H,24-25,27H2,1H3,(H,41,42). The summed E-state index contributed by atoms with van der Waals surface area (Å²) in [6.07, 6.45) is 0.741. The summed E-state index contributed by atoms with van der Waals surface area (Å²) in [7, 11) is 1.35. The Hall–Kier alpha value is -5.67. The van der Waals surface area contributed by atoms with E-state index in [2.05, 4.69) is 11.4 Å². The van der Waals surface area contributed by atoms with E-state index in [0.29, 0.717) is 30.6 Å². The van der Waals surface area contributed by atoms with Crippen molar-refractivity contribution in [1.29, 1.82) is 5.26 Å². The third-order valence-corrected chi connectivity index (χ3v) is 7.70. The highest BCUT2D eigenvalue weighted by atomic mass is 16.5. The van der Waals surface area contributed by atoms with Gasteiger partial charge in [0.25, 0.3) is 5.91 Å². The van der Waals surface area contributed by atoms with Gasteiger partial charge in [-0.05, 0) is 77.1 Å². The van der Waals surface area contributed by atoms with Crippen LogP contribution in [-0.4, -0.2) is 25.0 Å². The van der Waals surface area contributed by atoms with Crippen molar-refractivity contribution in [3.63, 3.8) is 0 Å². The summed E-state index contributed by atoms with van der Waals surface area (Å²) in [5.41, 5.74) is 5.86. The Morgan fingerprint density at radius 1 is 0.711 bits per heavy atom. The normalized spacial score (nSPS) is 11.9. The van der Waals surface area contributed by atoms with E-state index >= 15 is 0 Å². The molecule has 0 aliphatic carbocycles. The minimum absolute atomic E-state index is 0.285. The van der Waals surface area contributed by atoms with Crippen LogP contribution in [0.5, 0.6) is 5.75 Å². The van der Waals surface area contributed by atoms with E-state index in [4.69, 9.17) is 9.47 Å². The first-order valence-electron chi connectivity index (χ1n) is 14.8. The number of esters is 1. The molecule has 6 nitrogen and oxygen atoms in total. The van der Waals surface area contributed by atoms with Crippen LogP contribution in [0.1, 0.15) is 32.6 Å². The molecule has 0 fully saturated rings. The summed E-state index contributed by atoms with van der Waals surface area (Å²) >= 11 is 0. The second-order valence-electron chi connectivity index (χ2n) is 10.8. The minimum Gasteiger partial charge on any atom is -0.489 e. The summed E-state index contributed by atoms with van der Waals surface area (Å²) in [5, 5.41) is 12.5.